The summed E-state index contributed by atoms with van der Waals surface area (Å²) in [6.45, 7) is 4.64. The number of ether oxygens (including phenoxy) is 2. The van der Waals surface area contributed by atoms with Gasteiger partial charge in [-0.25, -0.2) is 9.59 Å². The molecule has 1 heterocycles. The van der Waals surface area contributed by atoms with Crippen LogP contribution in [0, 0.1) is 0 Å². The molecule has 0 aliphatic heterocycles. The zero-order valence-electron chi connectivity index (χ0n) is 18.2. The van der Waals surface area contributed by atoms with Crippen LogP contribution in [0.3, 0.4) is 0 Å². The fraction of sp³-hybridized carbons (Fsp3) is 0.348. The normalized spacial score (nSPS) is 10.8. The van der Waals surface area contributed by atoms with E-state index in [4.69, 9.17) is 19.6 Å². The van der Waals surface area contributed by atoms with Crippen molar-refractivity contribution in [1.82, 2.24) is 10.6 Å². The Morgan fingerprint density at radius 1 is 0.938 bits per heavy atom. The van der Waals surface area contributed by atoms with Gasteiger partial charge in [0.2, 0.25) is 0 Å². The second-order valence-electron chi connectivity index (χ2n) is 7.24. The van der Waals surface area contributed by atoms with Crippen molar-refractivity contribution in [2.24, 2.45) is 5.73 Å². The Kier molecular flexibility index (Phi) is 7.67. The van der Waals surface area contributed by atoms with E-state index in [1.54, 1.807) is 24.3 Å². The fourth-order valence-electron chi connectivity index (χ4n) is 3.18. The minimum atomic E-state index is -0.684. The number of carbonyl (C=O) groups is 3. The topological polar surface area (TPSA) is 133 Å². The number of ketones is 1. The first-order chi connectivity index (χ1) is 15.5. The molecule has 0 fully saturated rings. The molecule has 0 radical (unpaired) electrons. The Hall–Kier alpha value is -3.59. The molecule has 1 aromatic heterocycles. The van der Waals surface area contributed by atoms with Gasteiger partial charge in [-0.3, -0.25) is 4.79 Å². The van der Waals surface area contributed by atoms with E-state index < -0.39 is 12.2 Å². The Balaban J connectivity index is 2.10. The number of amides is 2. The SMILES string of the molecule is CCCCNC(=O)Oc1c2ccccc2c(OC(=O)NCCCN)c2oc(C(C)=O)cc12. The third kappa shape index (κ3) is 5.17. The highest BCUT2D eigenvalue weighted by molar-refractivity contribution is 6.12. The van der Waals surface area contributed by atoms with Gasteiger partial charge in [0.15, 0.2) is 28.6 Å². The monoisotopic (exact) mass is 441 g/mol. The molecule has 0 saturated heterocycles. The number of furan rings is 1. The molecule has 0 aliphatic carbocycles. The third-order valence-electron chi connectivity index (χ3n) is 4.79. The van der Waals surface area contributed by atoms with Gasteiger partial charge in [-0.2, -0.15) is 0 Å². The quantitative estimate of drug-likeness (QED) is 0.336. The fourth-order valence-corrected chi connectivity index (χ4v) is 3.18. The molecule has 9 nitrogen and oxygen atoms in total. The van der Waals surface area contributed by atoms with Gasteiger partial charge in [0.25, 0.3) is 0 Å². The van der Waals surface area contributed by atoms with Crippen LogP contribution in [0.4, 0.5) is 9.59 Å². The van der Waals surface area contributed by atoms with E-state index in [1.807, 2.05) is 6.92 Å². The Morgan fingerprint density at radius 2 is 1.53 bits per heavy atom. The summed E-state index contributed by atoms with van der Waals surface area (Å²) < 4.78 is 16.9. The average Bonchev–Trinajstić information content (AvgIpc) is 3.22. The molecule has 32 heavy (non-hydrogen) atoms. The van der Waals surface area contributed by atoms with E-state index in [0.717, 1.165) is 12.8 Å². The van der Waals surface area contributed by atoms with Crippen molar-refractivity contribution < 1.29 is 28.3 Å². The van der Waals surface area contributed by atoms with Gasteiger partial charge >= 0.3 is 12.2 Å². The van der Waals surface area contributed by atoms with Crippen molar-refractivity contribution in [3.8, 4) is 11.5 Å². The Labute approximate surface area is 185 Å². The minimum Gasteiger partial charge on any atom is -0.449 e. The van der Waals surface area contributed by atoms with Crippen LogP contribution in [0.15, 0.2) is 34.7 Å². The lowest BCUT2D eigenvalue weighted by atomic mass is 10.1. The van der Waals surface area contributed by atoms with Gasteiger partial charge in [0.05, 0.1) is 5.39 Å². The molecule has 170 valence electrons. The summed E-state index contributed by atoms with van der Waals surface area (Å²) in [7, 11) is 0. The lowest BCUT2D eigenvalue weighted by Gasteiger charge is -2.14. The van der Waals surface area contributed by atoms with Gasteiger partial charge in [0, 0.05) is 30.8 Å². The van der Waals surface area contributed by atoms with Crippen molar-refractivity contribution in [1.29, 1.82) is 0 Å². The number of carbonyl (C=O) groups excluding carboxylic acids is 3. The van der Waals surface area contributed by atoms with Gasteiger partial charge in [-0.1, -0.05) is 37.6 Å². The molecule has 0 aliphatic rings. The molecule has 9 heteroatoms. The highest BCUT2D eigenvalue weighted by atomic mass is 16.6. The predicted octanol–water partition coefficient (Wildman–Crippen LogP) is 4.11. The molecular formula is C23H27N3O6. The molecule has 2 amide bonds. The standard InChI is InChI=1S/C23H27N3O6/c1-3-4-11-25-22(28)31-19-15-8-5-6-9-16(15)20(32-23(29)26-12-7-10-24)21-17(19)13-18(30-21)14(2)27/h5-6,8-9,13H,3-4,7,10-12,24H2,1-2H3,(H,25,28)(H,26,29). The highest BCUT2D eigenvalue weighted by Gasteiger charge is 2.24. The predicted molar refractivity (Wildman–Crippen MR) is 120 cm³/mol. The van der Waals surface area contributed by atoms with Crippen molar-refractivity contribution in [2.45, 2.75) is 33.1 Å². The molecule has 4 N–H and O–H groups in total. The third-order valence-corrected chi connectivity index (χ3v) is 4.79. The maximum atomic E-state index is 12.4. The molecule has 3 aromatic rings. The van der Waals surface area contributed by atoms with E-state index in [1.165, 1.54) is 13.0 Å². The first-order valence-corrected chi connectivity index (χ1v) is 10.6. The molecule has 3 rings (SSSR count). The van der Waals surface area contributed by atoms with Crippen LogP contribution in [0.25, 0.3) is 21.7 Å². The largest absolute Gasteiger partial charge is 0.449 e. The number of rotatable bonds is 9. The molecule has 0 bridgehead atoms. The minimum absolute atomic E-state index is 0.0555. The summed E-state index contributed by atoms with van der Waals surface area (Å²) in [4.78, 5) is 36.7. The summed E-state index contributed by atoms with van der Waals surface area (Å²) >= 11 is 0. The Bertz CT molecular complexity index is 1060. The Morgan fingerprint density at radius 3 is 2.12 bits per heavy atom. The summed E-state index contributed by atoms with van der Waals surface area (Å²) in [6, 6.07) is 8.47. The number of benzene rings is 2. The van der Waals surface area contributed by atoms with Crippen LogP contribution in [0.5, 0.6) is 11.5 Å². The van der Waals surface area contributed by atoms with E-state index in [-0.39, 0.29) is 28.6 Å². The smallest absolute Gasteiger partial charge is 0.412 e. The number of nitrogens with two attached hydrogens (primary N) is 1. The number of fused-ring (bicyclic) bond motifs is 2. The van der Waals surface area contributed by atoms with Crippen LogP contribution in [-0.4, -0.2) is 37.6 Å². The van der Waals surface area contributed by atoms with E-state index in [2.05, 4.69) is 10.6 Å². The summed E-state index contributed by atoms with van der Waals surface area (Å²) in [5.74, 6) is 0.0886. The van der Waals surface area contributed by atoms with Crippen molar-refractivity contribution in [3.63, 3.8) is 0 Å². The number of hydrogen-bond acceptors (Lipinski definition) is 7. The van der Waals surface area contributed by atoms with Gasteiger partial charge < -0.3 is 30.3 Å². The zero-order valence-corrected chi connectivity index (χ0v) is 18.2. The maximum Gasteiger partial charge on any atom is 0.412 e. The molecular weight excluding hydrogens is 414 g/mol. The van der Waals surface area contributed by atoms with Crippen LogP contribution in [0.2, 0.25) is 0 Å². The van der Waals surface area contributed by atoms with E-state index >= 15 is 0 Å². The second kappa shape index (κ2) is 10.6. The first-order valence-electron chi connectivity index (χ1n) is 10.6. The molecule has 0 spiro atoms. The van der Waals surface area contributed by atoms with Gasteiger partial charge in [-0.15, -0.1) is 0 Å². The number of Topliss-reactive ketones (excluding diaryl/α,β-unsaturated/α-hetero) is 1. The van der Waals surface area contributed by atoms with Gasteiger partial charge in [0.1, 0.15) is 0 Å². The lowest BCUT2D eigenvalue weighted by molar-refractivity contribution is 0.0989. The summed E-state index contributed by atoms with van der Waals surface area (Å²) in [5, 5.41) is 6.70. The van der Waals surface area contributed by atoms with Gasteiger partial charge in [-0.05, 0) is 25.5 Å². The lowest BCUT2D eigenvalue weighted by Crippen LogP contribution is -2.29. The second-order valence-corrected chi connectivity index (χ2v) is 7.24. The zero-order chi connectivity index (χ0) is 23.1. The van der Waals surface area contributed by atoms with Crippen LogP contribution in [0.1, 0.15) is 43.7 Å². The van der Waals surface area contributed by atoms with E-state index in [9.17, 15) is 14.4 Å². The highest BCUT2D eigenvalue weighted by Crippen LogP contribution is 2.44. The maximum absolute atomic E-state index is 12.4. The number of hydrogen-bond donors (Lipinski definition) is 3. The summed E-state index contributed by atoms with van der Waals surface area (Å²) in [5.41, 5.74) is 5.59. The van der Waals surface area contributed by atoms with Crippen molar-refractivity contribution >= 4 is 39.7 Å². The van der Waals surface area contributed by atoms with Crippen LogP contribution in [-0.2, 0) is 0 Å². The number of unbranched alkanes of at least 4 members (excludes halogenated alkanes) is 1. The molecule has 0 saturated carbocycles. The number of nitrogens with one attached hydrogen (secondary N) is 2. The average molecular weight is 441 g/mol. The molecule has 0 atom stereocenters. The van der Waals surface area contributed by atoms with E-state index in [0.29, 0.717) is 42.2 Å². The van der Waals surface area contributed by atoms with Crippen molar-refractivity contribution in [3.05, 3.63) is 36.1 Å². The van der Waals surface area contributed by atoms with Crippen LogP contribution >= 0.6 is 0 Å². The van der Waals surface area contributed by atoms with Crippen molar-refractivity contribution in [2.75, 3.05) is 19.6 Å². The molecule has 0 unspecified atom stereocenters. The van der Waals surface area contributed by atoms with Crippen LogP contribution < -0.4 is 25.8 Å². The molecule has 2 aromatic carbocycles. The summed E-state index contributed by atoms with van der Waals surface area (Å²) in [6.07, 6.45) is 1.04. The first kappa shape index (κ1) is 23.1.